The van der Waals surface area contributed by atoms with Crippen LogP contribution in [-0.2, 0) is 13.1 Å². The summed E-state index contributed by atoms with van der Waals surface area (Å²) in [7, 11) is 1.92. The van der Waals surface area contributed by atoms with Crippen LogP contribution in [-0.4, -0.2) is 26.8 Å². The third-order valence-electron chi connectivity index (χ3n) is 2.20. The van der Waals surface area contributed by atoms with E-state index in [1.54, 1.807) is 11.3 Å². The number of thiazole rings is 1. The molecule has 6 heteroatoms. The molecule has 2 aromatic rings. The Balaban J connectivity index is 2.11. The first-order valence-corrected chi connectivity index (χ1v) is 6.03. The van der Waals surface area contributed by atoms with E-state index < -0.39 is 0 Å². The summed E-state index contributed by atoms with van der Waals surface area (Å²) in [4.78, 5) is 8.78. The summed E-state index contributed by atoms with van der Waals surface area (Å²) in [6.07, 6.45) is 0. The monoisotopic (exact) mass is 237 g/mol. The van der Waals surface area contributed by atoms with E-state index in [1.165, 1.54) is 0 Å². The van der Waals surface area contributed by atoms with Gasteiger partial charge in [-0.3, -0.25) is 0 Å². The molecule has 0 fully saturated rings. The fourth-order valence-electron chi connectivity index (χ4n) is 1.52. The number of rotatable bonds is 4. The van der Waals surface area contributed by atoms with Gasteiger partial charge in [0.15, 0.2) is 0 Å². The second-order valence-corrected chi connectivity index (χ2v) is 4.57. The predicted molar refractivity (Wildman–Crippen MR) is 63.5 cm³/mol. The summed E-state index contributed by atoms with van der Waals surface area (Å²) in [5.41, 5.74) is 1.04. The number of aromatic nitrogens is 4. The molecule has 0 aromatic carbocycles. The normalized spacial score (nSPS) is 10.9. The van der Waals surface area contributed by atoms with Crippen molar-refractivity contribution in [3.63, 3.8) is 0 Å². The molecule has 2 rings (SSSR count). The second kappa shape index (κ2) is 4.71. The Labute approximate surface area is 98.5 Å². The largest absolute Gasteiger partial charge is 0.314 e. The summed E-state index contributed by atoms with van der Waals surface area (Å²) in [6.45, 7) is 5.38. The van der Waals surface area contributed by atoms with Crippen LogP contribution in [0.1, 0.15) is 22.4 Å². The molecule has 0 aliphatic carbocycles. The maximum atomic E-state index is 4.51. The molecule has 1 N–H and O–H groups in total. The molecule has 0 aliphatic heterocycles. The van der Waals surface area contributed by atoms with Gasteiger partial charge < -0.3 is 5.32 Å². The Morgan fingerprint density at radius 3 is 2.81 bits per heavy atom. The number of nitrogens with zero attached hydrogens (tertiary/aromatic N) is 4. The molecule has 2 aromatic heterocycles. The molecule has 0 saturated heterocycles. The Morgan fingerprint density at radius 1 is 1.38 bits per heavy atom. The van der Waals surface area contributed by atoms with Gasteiger partial charge >= 0.3 is 0 Å². The van der Waals surface area contributed by atoms with Gasteiger partial charge in [-0.05, 0) is 20.9 Å². The Kier molecular flexibility index (Phi) is 3.31. The maximum absolute atomic E-state index is 4.51. The molecule has 0 amide bonds. The SMILES string of the molecule is CNCc1nc(Cn2nc(C)nc2C)cs1. The van der Waals surface area contributed by atoms with Gasteiger partial charge in [-0.1, -0.05) is 0 Å². The van der Waals surface area contributed by atoms with Gasteiger partial charge in [0.1, 0.15) is 16.7 Å². The van der Waals surface area contributed by atoms with Crippen molar-refractivity contribution in [2.24, 2.45) is 0 Å². The minimum Gasteiger partial charge on any atom is -0.314 e. The van der Waals surface area contributed by atoms with E-state index in [2.05, 4.69) is 25.8 Å². The molecule has 0 aliphatic rings. The maximum Gasteiger partial charge on any atom is 0.147 e. The summed E-state index contributed by atoms with van der Waals surface area (Å²) >= 11 is 1.67. The second-order valence-electron chi connectivity index (χ2n) is 3.63. The lowest BCUT2D eigenvalue weighted by molar-refractivity contribution is 0.644. The van der Waals surface area contributed by atoms with Crippen molar-refractivity contribution >= 4 is 11.3 Å². The van der Waals surface area contributed by atoms with Crippen LogP contribution < -0.4 is 5.32 Å². The van der Waals surface area contributed by atoms with Gasteiger partial charge in [0.25, 0.3) is 0 Å². The highest BCUT2D eigenvalue weighted by Gasteiger charge is 2.06. The Hall–Kier alpha value is -1.27. The molecule has 86 valence electrons. The summed E-state index contributed by atoms with van der Waals surface area (Å²) in [5, 5.41) is 10.6. The Morgan fingerprint density at radius 2 is 2.19 bits per heavy atom. The molecule has 0 saturated carbocycles. The van der Waals surface area contributed by atoms with Crippen LogP contribution in [0.25, 0.3) is 0 Å². The molecular formula is C10H15N5S. The van der Waals surface area contributed by atoms with Crippen LogP contribution in [0.15, 0.2) is 5.38 Å². The number of hydrogen-bond donors (Lipinski definition) is 1. The van der Waals surface area contributed by atoms with Crippen molar-refractivity contribution in [2.45, 2.75) is 26.9 Å². The standard InChI is InChI=1S/C10H15N5S/c1-7-12-8(2)15(14-7)5-9-6-16-10(13-9)4-11-3/h6,11H,4-5H2,1-3H3. The van der Waals surface area contributed by atoms with Crippen molar-refractivity contribution < 1.29 is 0 Å². The van der Waals surface area contributed by atoms with Gasteiger partial charge in [0.05, 0.1) is 12.2 Å². The van der Waals surface area contributed by atoms with E-state index in [1.807, 2.05) is 25.6 Å². The van der Waals surface area contributed by atoms with Crippen molar-refractivity contribution in [1.29, 1.82) is 0 Å². The molecule has 0 bridgehead atoms. The number of aryl methyl sites for hydroxylation is 2. The lowest BCUT2D eigenvalue weighted by Gasteiger charge is -1.99. The minimum absolute atomic E-state index is 0.701. The van der Waals surface area contributed by atoms with Gasteiger partial charge in [0, 0.05) is 11.9 Å². The number of nitrogens with one attached hydrogen (secondary N) is 1. The highest BCUT2D eigenvalue weighted by atomic mass is 32.1. The highest BCUT2D eigenvalue weighted by Crippen LogP contribution is 2.11. The van der Waals surface area contributed by atoms with E-state index in [9.17, 15) is 0 Å². The lowest BCUT2D eigenvalue weighted by Crippen LogP contribution is -2.07. The average molecular weight is 237 g/mol. The summed E-state index contributed by atoms with van der Waals surface area (Å²) in [6, 6.07) is 0. The van der Waals surface area contributed by atoms with Crippen LogP contribution in [0.2, 0.25) is 0 Å². The first kappa shape index (κ1) is 11.2. The van der Waals surface area contributed by atoms with Crippen molar-refractivity contribution in [3.8, 4) is 0 Å². The third-order valence-corrected chi connectivity index (χ3v) is 3.10. The van der Waals surface area contributed by atoms with Crippen LogP contribution in [0, 0.1) is 13.8 Å². The van der Waals surface area contributed by atoms with Crippen LogP contribution in [0.4, 0.5) is 0 Å². The average Bonchev–Trinajstić information content (AvgIpc) is 2.76. The Bertz CT molecular complexity index is 473. The van der Waals surface area contributed by atoms with Gasteiger partial charge in [-0.2, -0.15) is 5.10 Å². The predicted octanol–water partition coefficient (Wildman–Crippen LogP) is 1.12. The molecule has 0 radical (unpaired) electrons. The van der Waals surface area contributed by atoms with E-state index in [0.717, 1.165) is 28.9 Å². The molecule has 0 spiro atoms. The van der Waals surface area contributed by atoms with Crippen LogP contribution in [0.5, 0.6) is 0 Å². The quantitative estimate of drug-likeness (QED) is 0.865. The van der Waals surface area contributed by atoms with Gasteiger partial charge in [0.2, 0.25) is 0 Å². The zero-order chi connectivity index (χ0) is 11.5. The fourth-order valence-corrected chi connectivity index (χ4v) is 2.32. The van der Waals surface area contributed by atoms with Gasteiger partial charge in [-0.25, -0.2) is 14.6 Å². The lowest BCUT2D eigenvalue weighted by atomic mass is 10.5. The van der Waals surface area contributed by atoms with Crippen LogP contribution in [0.3, 0.4) is 0 Å². The van der Waals surface area contributed by atoms with E-state index in [4.69, 9.17) is 0 Å². The number of hydrogen-bond acceptors (Lipinski definition) is 5. The minimum atomic E-state index is 0.701. The van der Waals surface area contributed by atoms with Crippen molar-refractivity contribution in [2.75, 3.05) is 7.05 Å². The molecule has 5 nitrogen and oxygen atoms in total. The van der Waals surface area contributed by atoms with Crippen molar-refractivity contribution in [1.82, 2.24) is 25.1 Å². The zero-order valence-electron chi connectivity index (χ0n) is 9.69. The first-order valence-electron chi connectivity index (χ1n) is 5.15. The molecule has 2 heterocycles. The fraction of sp³-hybridized carbons (Fsp3) is 0.500. The summed E-state index contributed by atoms with van der Waals surface area (Å²) in [5.74, 6) is 1.74. The van der Waals surface area contributed by atoms with E-state index >= 15 is 0 Å². The molecule has 0 unspecified atom stereocenters. The molecular weight excluding hydrogens is 222 g/mol. The molecule has 0 atom stereocenters. The van der Waals surface area contributed by atoms with E-state index in [0.29, 0.717) is 6.54 Å². The topological polar surface area (TPSA) is 55.6 Å². The van der Waals surface area contributed by atoms with Crippen molar-refractivity contribution in [3.05, 3.63) is 27.7 Å². The first-order chi connectivity index (χ1) is 7.69. The van der Waals surface area contributed by atoms with Crippen LogP contribution >= 0.6 is 11.3 Å². The zero-order valence-corrected chi connectivity index (χ0v) is 10.5. The highest BCUT2D eigenvalue weighted by molar-refractivity contribution is 7.09. The van der Waals surface area contributed by atoms with E-state index in [-0.39, 0.29) is 0 Å². The van der Waals surface area contributed by atoms with Gasteiger partial charge in [-0.15, -0.1) is 11.3 Å². The summed E-state index contributed by atoms with van der Waals surface area (Å²) < 4.78 is 1.88. The smallest absolute Gasteiger partial charge is 0.147 e. The third kappa shape index (κ3) is 2.45. The molecule has 16 heavy (non-hydrogen) atoms.